The number of halogens is 5. The minimum Gasteiger partial charge on any atom is -0.315 e. The molecule has 0 unspecified atom stereocenters. The molecule has 0 aliphatic carbocycles. The third-order valence-electron chi connectivity index (χ3n) is 1.48. The summed E-state index contributed by atoms with van der Waals surface area (Å²) < 4.78 is 48.7. The molecule has 0 spiro atoms. The van der Waals surface area contributed by atoms with Gasteiger partial charge in [-0.15, -0.1) is 0 Å². The minimum absolute atomic E-state index is 0.435. The van der Waals surface area contributed by atoms with Gasteiger partial charge in [-0.25, -0.2) is 4.39 Å². The number of alkyl halides is 3. The van der Waals surface area contributed by atoms with E-state index in [2.05, 4.69) is 4.98 Å². The van der Waals surface area contributed by atoms with Crippen LogP contribution >= 0.6 is 11.6 Å². The molecular weight excluding hydrogens is 224 g/mol. The van der Waals surface area contributed by atoms with E-state index >= 15 is 0 Å². The Kier molecular flexibility index (Phi) is 2.96. The number of nitrogens with two attached hydrogens (primary N) is 1. The van der Waals surface area contributed by atoms with Crippen LogP contribution in [0.2, 0.25) is 5.02 Å². The van der Waals surface area contributed by atoms with Crippen molar-refractivity contribution in [3.63, 3.8) is 0 Å². The summed E-state index contributed by atoms with van der Waals surface area (Å²) in [6, 6.07) is -1.56. The van der Waals surface area contributed by atoms with Gasteiger partial charge in [0, 0.05) is 0 Å². The van der Waals surface area contributed by atoms with Gasteiger partial charge in [-0.05, 0) is 6.07 Å². The zero-order valence-corrected chi connectivity index (χ0v) is 7.40. The first-order valence-corrected chi connectivity index (χ1v) is 3.83. The van der Waals surface area contributed by atoms with Gasteiger partial charge >= 0.3 is 6.18 Å². The van der Waals surface area contributed by atoms with Crippen molar-refractivity contribution in [2.45, 2.75) is 12.2 Å². The molecule has 1 aromatic rings. The lowest BCUT2D eigenvalue weighted by molar-refractivity contribution is -0.150. The molecule has 2 nitrogen and oxygen atoms in total. The van der Waals surface area contributed by atoms with Crippen molar-refractivity contribution in [3.8, 4) is 0 Å². The Labute approximate surface area is 81.7 Å². The van der Waals surface area contributed by atoms with E-state index in [1.807, 2.05) is 0 Å². The molecule has 0 saturated carbocycles. The van der Waals surface area contributed by atoms with Crippen LogP contribution < -0.4 is 5.73 Å². The van der Waals surface area contributed by atoms with Gasteiger partial charge in [0.05, 0.1) is 16.9 Å². The molecule has 0 fully saturated rings. The first-order chi connectivity index (χ1) is 6.32. The Bertz CT molecular complexity index is 339. The predicted octanol–water partition coefficient (Wildman–Crippen LogP) is 2.44. The topological polar surface area (TPSA) is 38.9 Å². The molecular formula is C7H5ClF4N2. The van der Waals surface area contributed by atoms with Gasteiger partial charge in [0.2, 0.25) is 0 Å². The van der Waals surface area contributed by atoms with Gasteiger partial charge in [-0.2, -0.15) is 13.2 Å². The Balaban J connectivity index is 3.08. The van der Waals surface area contributed by atoms with Crippen molar-refractivity contribution in [2.75, 3.05) is 0 Å². The fourth-order valence-corrected chi connectivity index (χ4v) is 1.08. The fraction of sp³-hybridized carbons (Fsp3) is 0.286. The van der Waals surface area contributed by atoms with Crippen LogP contribution in [-0.4, -0.2) is 11.2 Å². The van der Waals surface area contributed by atoms with Gasteiger partial charge in [-0.3, -0.25) is 4.98 Å². The third-order valence-corrected chi connectivity index (χ3v) is 1.79. The maximum absolute atomic E-state index is 12.4. The molecule has 0 aliphatic heterocycles. The van der Waals surface area contributed by atoms with Crippen LogP contribution in [-0.2, 0) is 0 Å². The normalized spacial score (nSPS) is 14.1. The van der Waals surface area contributed by atoms with Gasteiger partial charge in [-0.1, -0.05) is 11.6 Å². The number of hydrogen-bond acceptors (Lipinski definition) is 2. The summed E-state index contributed by atoms with van der Waals surface area (Å²) in [4.78, 5) is 3.19. The number of aromatic nitrogens is 1. The highest BCUT2D eigenvalue weighted by Gasteiger charge is 2.40. The lowest BCUT2D eigenvalue weighted by Gasteiger charge is -2.15. The first-order valence-electron chi connectivity index (χ1n) is 3.45. The number of hydrogen-bond donors (Lipinski definition) is 1. The van der Waals surface area contributed by atoms with Gasteiger partial charge in [0.15, 0.2) is 0 Å². The zero-order valence-electron chi connectivity index (χ0n) is 6.65. The van der Waals surface area contributed by atoms with Crippen LogP contribution in [0.25, 0.3) is 0 Å². The summed E-state index contributed by atoms with van der Waals surface area (Å²) in [6.07, 6.45) is -4.01. The quantitative estimate of drug-likeness (QED) is 0.750. The summed E-state index contributed by atoms with van der Waals surface area (Å²) in [6.45, 7) is 0. The average molecular weight is 229 g/mol. The standard InChI is InChI=1S/C7H5ClF4N2/c8-4-1-3(9)2-14-5(4)6(13)7(10,11)12/h1-2,6H,13H2/t6-/m1/s1. The lowest BCUT2D eigenvalue weighted by atomic mass is 10.2. The van der Waals surface area contributed by atoms with Crippen LogP contribution in [0, 0.1) is 5.82 Å². The Hall–Kier alpha value is -0.880. The molecule has 1 aromatic heterocycles. The Morgan fingerprint density at radius 1 is 1.43 bits per heavy atom. The molecule has 0 saturated heterocycles. The molecule has 14 heavy (non-hydrogen) atoms. The van der Waals surface area contributed by atoms with Crippen LogP contribution in [0.15, 0.2) is 12.3 Å². The number of pyridine rings is 1. The van der Waals surface area contributed by atoms with E-state index in [1.54, 1.807) is 0 Å². The lowest BCUT2D eigenvalue weighted by Crippen LogP contribution is -2.29. The average Bonchev–Trinajstić information content (AvgIpc) is 2.01. The molecule has 1 heterocycles. The second-order valence-corrected chi connectivity index (χ2v) is 2.95. The summed E-state index contributed by atoms with van der Waals surface area (Å²) in [5.74, 6) is -0.812. The number of nitrogens with zero attached hydrogens (tertiary/aromatic N) is 1. The molecule has 1 rings (SSSR count). The second-order valence-electron chi connectivity index (χ2n) is 2.54. The van der Waals surface area contributed by atoms with Crippen LogP contribution in [0.5, 0.6) is 0 Å². The van der Waals surface area contributed by atoms with Crippen LogP contribution in [0.4, 0.5) is 17.6 Å². The van der Waals surface area contributed by atoms with Crippen molar-refractivity contribution >= 4 is 11.6 Å². The third kappa shape index (κ3) is 2.33. The van der Waals surface area contributed by atoms with E-state index < -0.39 is 28.8 Å². The molecule has 1 atom stereocenters. The highest BCUT2D eigenvalue weighted by molar-refractivity contribution is 6.31. The van der Waals surface area contributed by atoms with E-state index in [9.17, 15) is 17.6 Å². The molecule has 0 radical (unpaired) electrons. The van der Waals surface area contributed by atoms with Crippen LogP contribution in [0.1, 0.15) is 11.7 Å². The molecule has 0 bridgehead atoms. The zero-order chi connectivity index (χ0) is 10.9. The predicted molar refractivity (Wildman–Crippen MR) is 42.2 cm³/mol. The van der Waals surface area contributed by atoms with Crippen LogP contribution in [0.3, 0.4) is 0 Å². The van der Waals surface area contributed by atoms with Crippen molar-refractivity contribution in [2.24, 2.45) is 5.73 Å². The molecule has 0 aromatic carbocycles. The maximum atomic E-state index is 12.4. The number of rotatable bonds is 1. The first kappa shape index (κ1) is 11.2. The largest absolute Gasteiger partial charge is 0.409 e. The van der Waals surface area contributed by atoms with E-state index in [1.165, 1.54) is 0 Å². The molecule has 0 amide bonds. The minimum atomic E-state index is -4.64. The summed E-state index contributed by atoms with van der Waals surface area (Å²) in [7, 11) is 0. The maximum Gasteiger partial charge on any atom is 0.409 e. The smallest absolute Gasteiger partial charge is 0.315 e. The van der Waals surface area contributed by atoms with Gasteiger partial charge in [0.1, 0.15) is 11.9 Å². The highest BCUT2D eigenvalue weighted by Crippen LogP contribution is 2.32. The van der Waals surface area contributed by atoms with E-state index in [-0.39, 0.29) is 0 Å². The molecule has 7 heteroatoms. The van der Waals surface area contributed by atoms with E-state index in [0.717, 1.165) is 6.07 Å². The van der Waals surface area contributed by atoms with Crippen molar-refractivity contribution in [3.05, 3.63) is 28.8 Å². The highest BCUT2D eigenvalue weighted by atomic mass is 35.5. The molecule has 2 N–H and O–H groups in total. The second kappa shape index (κ2) is 3.70. The SMILES string of the molecule is N[C@H](c1ncc(F)cc1Cl)C(F)(F)F. The summed E-state index contributed by atoms with van der Waals surface area (Å²) >= 11 is 5.35. The summed E-state index contributed by atoms with van der Waals surface area (Å²) in [5.41, 5.74) is 4.25. The Morgan fingerprint density at radius 2 is 2.00 bits per heavy atom. The fourth-order valence-electron chi connectivity index (χ4n) is 0.809. The van der Waals surface area contributed by atoms with Gasteiger partial charge < -0.3 is 5.73 Å². The van der Waals surface area contributed by atoms with E-state index in [0.29, 0.717) is 6.20 Å². The molecule has 0 aliphatic rings. The van der Waals surface area contributed by atoms with Gasteiger partial charge in [0.25, 0.3) is 0 Å². The van der Waals surface area contributed by atoms with Crippen molar-refractivity contribution in [1.29, 1.82) is 0 Å². The monoisotopic (exact) mass is 228 g/mol. The summed E-state index contributed by atoms with van der Waals surface area (Å²) in [5, 5.41) is -0.435. The Morgan fingerprint density at radius 3 is 2.43 bits per heavy atom. The molecule has 78 valence electrons. The van der Waals surface area contributed by atoms with E-state index in [4.69, 9.17) is 17.3 Å². The van der Waals surface area contributed by atoms with Crippen molar-refractivity contribution < 1.29 is 17.6 Å². The van der Waals surface area contributed by atoms with Crippen molar-refractivity contribution in [1.82, 2.24) is 4.98 Å².